The molecule has 0 saturated heterocycles. The molecule has 0 heterocycles. The van der Waals surface area contributed by atoms with Crippen LogP contribution >= 0.6 is 0 Å². The Hall–Kier alpha value is -1.25. The zero-order chi connectivity index (χ0) is 13.8. The van der Waals surface area contributed by atoms with Crippen molar-refractivity contribution in [3.63, 3.8) is 0 Å². The van der Waals surface area contributed by atoms with Crippen LogP contribution in [0.1, 0.15) is 58.8 Å². The lowest BCUT2D eigenvalue weighted by Gasteiger charge is -2.06. The third-order valence-corrected chi connectivity index (χ3v) is 2.70. The van der Waals surface area contributed by atoms with Gasteiger partial charge in [0.2, 0.25) is 0 Å². The van der Waals surface area contributed by atoms with Gasteiger partial charge in [0.1, 0.15) is 0 Å². The van der Waals surface area contributed by atoms with Crippen LogP contribution in [0, 0.1) is 0 Å². The summed E-state index contributed by atoms with van der Waals surface area (Å²) in [5, 5.41) is 0. The summed E-state index contributed by atoms with van der Waals surface area (Å²) in [6.07, 6.45) is 9.70. The quantitative estimate of drug-likeness (QED) is 0.279. The van der Waals surface area contributed by atoms with Gasteiger partial charge in [0.05, 0.1) is 12.2 Å². The highest BCUT2D eigenvalue weighted by atomic mass is 16.5. The molecule has 0 saturated carbocycles. The maximum absolute atomic E-state index is 11.5. The molecule has 0 aromatic rings. The highest BCUT2D eigenvalue weighted by Crippen LogP contribution is 2.09. The molecule has 0 fully saturated rings. The van der Waals surface area contributed by atoms with E-state index in [0.29, 0.717) is 12.3 Å². The maximum atomic E-state index is 11.5. The van der Waals surface area contributed by atoms with Crippen molar-refractivity contribution in [1.29, 1.82) is 0 Å². The molecule has 0 rings (SSSR count). The summed E-state index contributed by atoms with van der Waals surface area (Å²) in [5.41, 5.74) is 6.52. The van der Waals surface area contributed by atoms with Gasteiger partial charge in [-0.15, -0.1) is 0 Å². The molecule has 0 spiro atoms. The molecule has 0 amide bonds. The van der Waals surface area contributed by atoms with Gasteiger partial charge in [-0.05, 0) is 19.3 Å². The van der Waals surface area contributed by atoms with Crippen LogP contribution in [-0.2, 0) is 9.53 Å². The van der Waals surface area contributed by atoms with E-state index in [1.165, 1.54) is 25.7 Å². The first-order valence-corrected chi connectivity index (χ1v) is 6.95. The first-order chi connectivity index (χ1) is 8.63. The Bertz CT molecular complexity index is 282. The van der Waals surface area contributed by atoms with Crippen molar-refractivity contribution in [1.82, 2.24) is 0 Å². The second kappa shape index (κ2) is 10.9. The van der Waals surface area contributed by atoms with Crippen molar-refractivity contribution >= 4 is 5.97 Å². The number of nitrogens with two attached hydrogens (primary N) is 1. The minimum Gasteiger partial charge on any atom is -0.462 e. The molecule has 0 unspecified atom stereocenters. The molecular weight excluding hydrogens is 226 g/mol. The zero-order valence-electron chi connectivity index (χ0n) is 11.8. The Kier molecular flexibility index (Phi) is 10.1. The fourth-order valence-corrected chi connectivity index (χ4v) is 1.53. The van der Waals surface area contributed by atoms with Crippen LogP contribution in [0.4, 0.5) is 0 Å². The SMILES string of the molecule is C=C(C(=O)OCCC)C(N)=CCCCCCCC. The van der Waals surface area contributed by atoms with E-state index in [0.717, 1.165) is 19.3 Å². The molecule has 2 N–H and O–H groups in total. The standard InChI is InChI=1S/C15H27NO2/c1-4-6-7-8-9-10-11-14(16)13(3)15(17)18-12-5-2/h11H,3-10,12,16H2,1-2H3. The van der Waals surface area contributed by atoms with Crippen LogP contribution in [0.15, 0.2) is 23.9 Å². The topological polar surface area (TPSA) is 52.3 Å². The lowest BCUT2D eigenvalue weighted by Crippen LogP contribution is -2.13. The molecular formula is C15H27NO2. The van der Waals surface area contributed by atoms with Crippen molar-refractivity contribution in [2.75, 3.05) is 6.61 Å². The molecule has 3 heteroatoms. The highest BCUT2D eigenvalue weighted by molar-refractivity contribution is 5.92. The number of unbranched alkanes of at least 4 members (excludes halogenated alkanes) is 5. The molecule has 0 bridgehead atoms. The molecule has 0 aliphatic heterocycles. The number of hydrogen-bond donors (Lipinski definition) is 1. The fraction of sp³-hybridized carbons (Fsp3) is 0.667. The number of hydrogen-bond acceptors (Lipinski definition) is 3. The molecule has 0 aromatic carbocycles. The predicted molar refractivity (Wildman–Crippen MR) is 76.0 cm³/mol. The molecule has 3 nitrogen and oxygen atoms in total. The van der Waals surface area contributed by atoms with Crippen LogP contribution in [-0.4, -0.2) is 12.6 Å². The Morgan fingerprint density at radius 2 is 1.83 bits per heavy atom. The van der Waals surface area contributed by atoms with Gasteiger partial charge in [0.25, 0.3) is 0 Å². The van der Waals surface area contributed by atoms with Gasteiger partial charge >= 0.3 is 5.97 Å². The van der Waals surface area contributed by atoms with Crippen LogP contribution in [0.25, 0.3) is 0 Å². The van der Waals surface area contributed by atoms with Crippen LogP contribution < -0.4 is 5.73 Å². The van der Waals surface area contributed by atoms with Crippen molar-refractivity contribution in [2.24, 2.45) is 5.73 Å². The highest BCUT2D eigenvalue weighted by Gasteiger charge is 2.09. The van der Waals surface area contributed by atoms with E-state index in [1.54, 1.807) is 0 Å². The van der Waals surface area contributed by atoms with Gasteiger partial charge in [-0.25, -0.2) is 4.79 Å². The monoisotopic (exact) mass is 253 g/mol. The molecule has 0 aliphatic rings. The largest absolute Gasteiger partial charge is 0.462 e. The second-order valence-electron chi connectivity index (χ2n) is 4.48. The average molecular weight is 253 g/mol. The van der Waals surface area contributed by atoms with Gasteiger partial charge in [-0.3, -0.25) is 0 Å². The number of carbonyl (C=O) groups is 1. The Balaban J connectivity index is 3.86. The molecule has 0 aliphatic carbocycles. The van der Waals surface area contributed by atoms with Crippen molar-refractivity contribution in [3.8, 4) is 0 Å². The van der Waals surface area contributed by atoms with Gasteiger partial charge in [0.15, 0.2) is 0 Å². The Morgan fingerprint density at radius 3 is 2.44 bits per heavy atom. The smallest absolute Gasteiger partial charge is 0.339 e. The maximum Gasteiger partial charge on any atom is 0.339 e. The number of carbonyl (C=O) groups excluding carboxylic acids is 1. The number of ether oxygens (including phenoxy) is 1. The summed E-state index contributed by atoms with van der Waals surface area (Å²) in [6.45, 7) is 8.23. The number of rotatable bonds is 10. The Labute approximate surface area is 111 Å². The molecule has 0 radical (unpaired) electrons. The van der Waals surface area contributed by atoms with Crippen LogP contribution in [0.5, 0.6) is 0 Å². The lowest BCUT2D eigenvalue weighted by molar-refractivity contribution is -0.138. The average Bonchev–Trinajstić information content (AvgIpc) is 2.38. The van der Waals surface area contributed by atoms with Gasteiger partial charge in [0, 0.05) is 5.70 Å². The van der Waals surface area contributed by atoms with E-state index in [4.69, 9.17) is 10.5 Å². The second-order valence-corrected chi connectivity index (χ2v) is 4.48. The summed E-state index contributed by atoms with van der Waals surface area (Å²) in [5.74, 6) is -0.406. The predicted octanol–water partition coefficient (Wildman–Crippen LogP) is 3.70. The summed E-state index contributed by atoms with van der Waals surface area (Å²) in [6, 6.07) is 0. The van der Waals surface area contributed by atoms with Crippen LogP contribution in [0.3, 0.4) is 0 Å². The first kappa shape index (κ1) is 16.8. The van der Waals surface area contributed by atoms with E-state index in [2.05, 4.69) is 13.5 Å². The molecule has 0 atom stereocenters. The Morgan fingerprint density at radius 1 is 1.17 bits per heavy atom. The minimum absolute atomic E-state index is 0.275. The first-order valence-electron chi connectivity index (χ1n) is 6.95. The molecule has 104 valence electrons. The molecule has 18 heavy (non-hydrogen) atoms. The summed E-state index contributed by atoms with van der Waals surface area (Å²) >= 11 is 0. The summed E-state index contributed by atoms with van der Waals surface area (Å²) < 4.78 is 4.97. The molecule has 0 aromatic heterocycles. The van der Waals surface area contributed by atoms with Crippen molar-refractivity contribution < 1.29 is 9.53 Å². The van der Waals surface area contributed by atoms with Gasteiger partial charge in [-0.2, -0.15) is 0 Å². The zero-order valence-corrected chi connectivity index (χ0v) is 11.8. The summed E-state index contributed by atoms with van der Waals surface area (Å²) in [4.78, 5) is 11.5. The van der Waals surface area contributed by atoms with E-state index < -0.39 is 5.97 Å². The third-order valence-electron chi connectivity index (χ3n) is 2.70. The number of allylic oxidation sites excluding steroid dienone is 1. The normalized spacial score (nSPS) is 11.3. The van der Waals surface area contributed by atoms with Gasteiger partial charge < -0.3 is 10.5 Å². The van der Waals surface area contributed by atoms with E-state index in [-0.39, 0.29) is 5.57 Å². The van der Waals surface area contributed by atoms with Crippen LogP contribution in [0.2, 0.25) is 0 Å². The van der Waals surface area contributed by atoms with E-state index >= 15 is 0 Å². The lowest BCUT2D eigenvalue weighted by atomic mass is 10.1. The van der Waals surface area contributed by atoms with E-state index in [1.807, 2.05) is 13.0 Å². The number of esters is 1. The third kappa shape index (κ3) is 7.93. The fourth-order valence-electron chi connectivity index (χ4n) is 1.53. The van der Waals surface area contributed by atoms with Crippen molar-refractivity contribution in [3.05, 3.63) is 23.9 Å². The van der Waals surface area contributed by atoms with E-state index in [9.17, 15) is 4.79 Å². The minimum atomic E-state index is -0.406. The summed E-state index contributed by atoms with van der Waals surface area (Å²) in [7, 11) is 0. The van der Waals surface area contributed by atoms with Crippen molar-refractivity contribution in [2.45, 2.75) is 58.8 Å². The van der Waals surface area contributed by atoms with Gasteiger partial charge in [-0.1, -0.05) is 52.2 Å².